The lowest BCUT2D eigenvalue weighted by Crippen LogP contribution is -2.46. The highest BCUT2D eigenvalue weighted by Gasteiger charge is 2.33. The summed E-state index contributed by atoms with van der Waals surface area (Å²) >= 11 is 0. The highest BCUT2D eigenvalue weighted by atomic mass is 16.5. The van der Waals surface area contributed by atoms with Crippen molar-refractivity contribution < 1.29 is 19.1 Å². The summed E-state index contributed by atoms with van der Waals surface area (Å²) in [6.07, 6.45) is 0. The van der Waals surface area contributed by atoms with Crippen molar-refractivity contribution in [1.29, 1.82) is 0 Å². The van der Waals surface area contributed by atoms with Crippen LogP contribution in [0.4, 0.5) is 10.5 Å². The summed E-state index contributed by atoms with van der Waals surface area (Å²) in [6.45, 7) is 3.68. The number of hydrogen-bond donors (Lipinski definition) is 3. The van der Waals surface area contributed by atoms with Crippen LogP contribution >= 0.6 is 0 Å². The Balaban J connectivity index is 1.99. The molecule has 0 aliphatic carbocycles. The number of rotatable bonds is 5. The molecule has 146 valence electrons. The molecular weight excluding hydrogens is 358 g/mol. The summed E-state index contributed by atoms with van der Waals surface area (Å²) in [5.74, 6) is 0.823. The zero-order valence-electron chi connectivity index (χ0n) is 16.3. The van der Waals surface area contributed by atoms with Gasteiger partial charge >= 0.3 is 6.03 Å². The van der Waals surface area contributed by atoms with Crippen molar-refractivity contribution in [3.8, 4) is 11.5 Å². The van der Waals surface area contributed by atoms with E-state index in [9.17, 15) is 9.59 Å². The van der Waals surface area contributed by atoms with Crippen molar-refractivity contribution in [1.82, 2.24) is 10.6 Å². The van der Waals surface area contributed by atoms with E-state index in [0.29, 0.717) is 34.0 Å². The largest absolute Gasteiger partial charge is 0.497 e. The lowest BCUT2D eigenvalue weighted by molar-refractivity contribution is -0.113. The first-order valence-corrected chi connectivity index (χ1v) is 8.81. The molecule has 1 aliphatic heterocycles. The van der Waals surface area contributed by atoms with Gasteiger partial charge in [-0.15, -0.1) is 0 Å². The minimum atomic E-state index is -0.667. The van der Waals surface area contributed by atoms with Gasteiger partial charge in [0, 0.05) is 23.0 Å². The second-order valence-corrected chi connectivity index (χ2v) is 6.50. The molecule has 1 heterocycles. The molecule has 0 unspecified atom stereocenters. The van der Waals surface area contributed by atoms with Crippen LogP contribution in [0.1, 0.15) is 24.1 Å². The van der Waals surface area contributed by atoms with E-state index in [4.69, 9.17) is 9.47 Å². The zero-order chi connectivity index (χ0) is 20.3. The van der Waals surface area contributed by atoms with E-state index >= 15 is 0 Å². The maximum atomic E-state index is 13.1. The molecule has 0 fully saturated rings. The predicted octanol–water partition coefficient (Wildman–Crippen LogP) is 3.28. The van der Waals surface area contributed by atoms with Crippen molar-refractivity contribution in [3.05, 3.63) is 64.9 Å². The van der Waals surface area contributed by atoms with Crippen molar-refractivity contribution >= 4 is 17.6 Å². The molecule has 1 aliphatic rings. The summed E-state index contributed by atoms with van der Waals surface area (Å²) in [5.41, 5.74) is 3.32. The number of nitrogens with one attached hydrogen (secondary N) is 3. The molecule has 7 nitrogen and oxygen atoms in total. The minimum Gasteiger partial charge on any atom is -0.497 e. The van der Waals surface area contributed by atoms with Crippen LogP contribution in [-0.4, -0.2) is 26.2 Å². The molecule has 0 bridgehead atoms. The lowest BCUT2D eigenvalue weighted by atomic mass is 9.94. The van der Waals surface area contributed by atoms with Crippen molar-refractivity contribution in [3.63, 3.8) is 0 Å². The molecule has 0 saturated carbocycles. The molecule has 0 spiro atoms. The normalized spacial score (nSPS) is 16.1. The van der Waals surface area contributed by atoms with Crippen LogP contribution in [0.3, 0.4) is 0 Å². The Labute approximate surface area is 163 Å². The van der Waals surface area contributed by atoms with Crippen molar-refractivity contribution in [2.24, 2.45) is 0 Å². The average molecular weight is 381 g/mol. The number of methoxy groups -OCH3 is 2. The molecule has 7 heteroatoms. The van der Waals surface area contributed by atoms with E-state index in [1.54, 1.807) is 32.2 Å². The molecule has 0 saturated heterocycles. The number of aryl methyl sites for hydroxylation is 1. The van der Waals surface area contributed by atoms with Gasteiger partial charge in [-0.1, -0.05) is 17.7 Å². The number of benzene rings is 2. The van der Waals surface area contributed by atoms with E-state index in [-0.39, 0.29) is 11.9 Å². The molecule has 28 heavy (non-hydrogen) atoms. The zero-order valence-corrected chi connectivity index (χ0v) is 16.3. The molecule has 0 aromatic heterocycles. The molecule has 3 amide bonds. The summed E-state index contributed by atoms with van der Waals surface area (Å²) in [4.78, 5) is 25.1. The number of ether oxygens (including phenoxy) is 2. The molecule has 2 aromatic carbocycles. The van der Waals surface area contributed by atoms with Gasteiger partial charge in [0.2, 0.25) is 0 Å². The minimum absolute atomic E-state index is 0.309. The second kappa shape index (κ2) is 8.04. The van der Waals surface area contributed by atoms with Gasteiger partial charge in [-0.2, -0.15) is 0 Å². The highest BCUT2D eigenvalue weighted by Crippen LogP contribution is 2.35. The third kappa shape index (κ3) is 3.93. The van der Waals surface area contributed by atoms with Gasteiger partial charge in [-0.25, -0.2) is 4.79 Å². The van der Waals surface area contributed by atoms with Crippen LogP contribution < -0.4 is 25.4 Å². The Morgan fingerprint density at radius 2 is 1.75 bits per heavy atom. The number of hydrogen-bond acceptors (Lipinski definition) is 4. The number of carbonyl (C=O) groups excluding carboxylic acids is 2. The molecule has 1 atom stereocenters. The molecule has 3 N–H and O–H groups in total. The Bertz CT molecular complexity index is 935. The topological polar surface area (TPSA) is 88.7 Å². The number of carbonyl (C=O) groups is 2. The smallest absolute Gasteiger partial charge is 0.319 e. The van der Waals surface area contributed by atoms with E-state index in [1.807, 2.05) is 31.2 Å². The second-order valence-electron chi connectivity index (χ2n) is 6.50. The first-order valence-electron chi connectivity index (χ1n) is 8.81. The van der Waals surface area contributed by atoms with Crippen molar-refractivity contribution in [2.45, 2.75) is 19.9 Å². The van der Waals surface area contributed by atoms with Crippen LogP contribution in [0.5, 0.6) is 11.5 Å². The van der Waals surface area contributed by atoms with Crippen LogP contribution in [0.15, 0.2) is 53.7 Å². The monoisotopic (exact) mass is 381 g/mol. The summed E-state index contributed by atoms with van der Waals surface area (Å²) in [6, 6.07) is 11.7. The average Bonchev–Trinajstić information content (AvgIpc) is 2.68. The third-order valence-corrected chi connectivity index (χ3v) is 4.57. The van der Waals surface area contributed by atoms with Crippen LogP contribution in [0.25, 0.3) is 0 Å². The van der Waals surface area contributed by atoms with Gasteiger partial charge in [-0.05, 0) is 38.1 Å². The number of anilines is 1. The van der Waals surface area contributed by atoms with Gasteiger partial charge in [0.1, 0.15) is 11.5 Å². The van der Waals surface area contributed by atoms with E-state index in [0.717, 1.165) is 5.56 Å². The summed E-state index contributed by atoms with van der Waals surface area (Å²) in [7, 11) is 3.09. The highest BCUT2D eigenvalue weighted by molar-refractivity contribution is 6.06. The molecule has 2 aromatic rings. The number of urea groups is 1. The number of amides is 3. The first-order chi connectivity index (χ1) is 13.4. The maximum Gasteiger partial charge on any atom is 0.319 e. The number of allylic oxidation sites excluding steroid dienone is 1. The first kappa shape index (κ1) is 19.3. The molecule has 0 radical (unpaired) electrons. The third-order valence-electron chi connectivity index (χ3n) is 4.57. The van der Waals surface area contributed by atoms with Gasteiger partial charge in [0.05, 0.1) is 25.8 Å². The molecule has 3 rings (SSSR count). The van der Waals surface area contributed by atoms with E-state index in [2.05, 4.69) is 16.0 Å². The van der Waals surface area contributed by atoms with Crippen LogP contribution in [-0.2, 0) is 4.79 Å². The van der Waals surface area contributed by atoms with E-state index < -0.39 is 6.04 Å². The Kier molecular flexibility index (Phi) is 5.54. The molecular formula is C21H23N3O4. The quantitative estimate of drug-likeness (QED) is 0.742. The fourth-order valence-electron chi connectivity index (χ4n) is 3.12. The van der Waals surface area contributed by atoms with Gasteiger partial charge in [0.15, 0.2) is 0 Å². The maximum absolute atomic E-state index is 13.1. The Hall–Kier alpha value is -3.48. The van der Waals surface area contributed by atoms with Gasteiger partial charge in [-0.3, -0.25) is 4.79 Å². The van der Waals surface area contributed by atoms with E-state index in [1.165, 1.54) is 7.11 Å². The lowest BCUT2D eigenvalue weighted by Gasteiger charge is -2.29. The van der Waals surface area contributed by atoms with Crippen LogP contribution in [0, 0.1) is 6.92 Å². The summed E-state index contributed by atoms with van der Waals surface area (Å²) in [5, 5.41) is 8.37. The fourth-order valence-corrected chi connectivity index (χ4v) is 3.12. The van der Waals surface area contributed by atoms with Crippen LogP contribution in [0.2, 0.25) is 0 Å². The Morgan fingerprint density at radius 3 is 2.39 bits per heavy atom. The van der Waals surface area contributed by atoms with Crippen molar-refractivity contribution in [2.75, 3.05) is 19.5 Å². The summed E-state index contributed by atoms with van der Waals surface area (Å²) < 4.78 is 10.7. The standard InChI is InChI=1S/C21H23N3O4/c1-12-5-7-14(8-6-12)23-20(25)18-13(2)22-21(26)24-19(18)16-10-9-15(27-3)11-17(16)28-4/h5-11,19H,1-4H3,(H,23,25)(H2,22,24,26)/t19-/m1/s1. The van der Waals surface area contributed by atoms with Gasteiger partial charge in [0.25, 0.3) is 5.91 Å². The Morgan fingerprint density at radius 1 is 1.04 bits per heavy atom. The fraction of sp³-hybridized carbons (Fsp3) is 0.238. The van der Waals surface area contributed by atoms with Gasteiger partial charge < -0.3 is 25.4 Å². The SMILES string of the molecule is COc1ccc([C@H]2NC(=O)NC(C)=C2C(=O)Nc2ccc(C)cc2)c(OC)c1. The predicted molar refractivity (Wildman–Crippen MR) is 106 cm³/mol.